The molecule has 26 heavy (non-hydrogen) atoms. The molecule has 8 heteroatoms. The Balaban J connectivity index is 1.87. The quantitative estimate of drug-likeness (QED) is 0.536. The van der Waals surface area contributed by atoms with Crippen LogP contribution in [0.5, 0.6) is 0 Å². The molecule has 142 valence electrons. The van der Waals surface area contributed by atoms with E-state index in [4.69, 9.17) is 0 Å². The fourth-order valence-electron chi connectivity index (χ4n) is 3.14. The summed E-state index contributed by atoms with van der Waals surface area (Å²) in [7, 11) is 0. The van der Waals surface area contributed by atoms with Gasteiger partial charge in [-0.25, -0.2) is 0 Å². The highest BCUT2D eigenvalue weighted by atomic mass is 16.6. The monoisotopic (exact) mass is 362 g/mol. The fraction of sp³-hybridized carbons (Fsp3) is 0.556. The van der Waals surface area contributed by atoms with Gasteiger partial charge in [0, 0.05) is 50.9 Å². The smallest absolute Gasteiger partial charge is 0.273 e. The van der Waals surface area contributed by atoms with Gasteiger partial charge in [-0.15, -0.1) is 0 Å². The van der Waals surface area contributed by atoms with Gasteiger partial charge in [-0.05, 0) is 13.8 Å². The van der Waals surface area contributed by atoms with Gasteiger partial charge in [0.15, 0.2) is 0 Å². The van der Waals surface area contributed by atoms with Crippen LogP contribution in [0.1, 0.15) is 19.4 Å². The Morgan fingerprint density at radius 1 is 1.12 bits per heavy atom. The molecule has 0 saturated carbocycles. The molecular formula is C18H26N4O4. The van der Waals surface area contributed by atoms with Gasteiger partial charge in [0.25, 0.3) is 5.69 Å². The van der Waals surface area contributed by atoms with Crippen LogP contribution in [0.2, 0.25) is 0 Å². The van der Waals surface area contributed by atoms with Crippen LogP contribution in [0.15, 0.2) is 24.3 Å². The first-order valence-corrected chi connectivity index (χ1v) is 8.96. The second kappa shape index (κ2) is 9.28. The van der Waals surface area contributed by atoms with Crippen molar-refractivity contribution in [3.63, 3.8) is 0 Å². The fourth-order valence-corrected chi connectivity index (χ4v) is 3.14. The van der Waals surface area contributed by atoms with E-state index < -0.39 is 4.92 Å². The summed E-state index contributed by atoms with van der Waals surface area (Å²) in [5.41, 5.74) is 0.408. The Hall–Kier alpha value is -2.48. The number of likely N-dealkylation sites (N-methyl/N-ethyl adjacent to an activating group) is 1. The summed E-state index contributed by atoms with van der Waals surface area (Å²) in [4.78, 5) is 40.8. The number of benzene rings is 1. The summed E-state index contributed by atoms with van der Waals surface area (Å²) >= 11 is 0. The number of nitrogens with zero attached hydrogens (tertiary/aromatic N) is 4. The third-order valence-electron chi connectivity index (χ3n) is 4.73. The number of piperazine rings is 1. The Morgan fingerprint density at radius 2 is 1.73 bits per heavy atom. The number of rotatable bonds is 7. The van der Waals surface area contributed by atoms with Crippen molar-refractivity contribution < 1.29 is 14.5 Å². The Labute approximate surface area is 153 Å². The van der Waals surface area contributed by atoms with Crippen LogP contribution in [0.3, 0.4) is 0 Å². The third-order valence-corrected chi connectivity index (χ3v) is 4.73. The molecule has 8 nitrogen and oxygen atoms in total. The maximum Gasteiger partial charge on any atom is 0.273 e. The third kappa shape index (κ3) is 5.01. The van der Waals surface area contributed by atoms with Crippen LogP contribution in [0.25, 0.3) is 0 Å². The van der Waals surface area contributed by atoms with E-state index in [1.807, 2.05) is 13.8 Å². The van der Waals surface area contributed by atoms with E-state index in [1.54, 1.807) is 28.0 Å². The van der Waals surface area contributed by atoms with E-state index >= 15 is 0 Å². The predicted octanol–water partition coefficient (Wildman–Crippen LogP) is 1.15. The number of para-hydroxylation sites is 1. The highest BCUT2D eigenvalue weighted by Crippen LogP contribution is 2.19. The Morgan fingerprint density at radius 3 is 2.31 bits per heavy atom. The van der Waals surface area contributed by atoms with Crippen LogP contribution in [-0.2, 0) is 16.0 Å². The molecule has 2 rings (SSSR count). The lowest BCUT2D eigenvalue weighted by Gasteiger charge is -2.35. The molecule has 0 atom stereocenters. The summed E-state index contributed by atoms with van der Waals surface area (Å²) in [5, 5.41) is 11.1. The zero-order valence-electron chi connectivity index (χ0n) is 15.4. The van der Waals surface area contributed by atoms with Crippen molar-refractivity contribution in [1.82, 2.24) is 14.7 Å². The van der Waals surface area contributed by atoms with Gasteiger partial charge in [-0.2, -0.15) is 0 Å². The molecule has 0 bridgehead atoms. The normalized spacial score (nSPS) is 14.9. The van der Waals surface area contributed by atoms with Crippen molar-refractivity contribution in [2.45, 2.75) is 20.3 Å². The molecule has 1 aliphatic rings. The molecule has 1 fully saturated rings. The minimum Gasteiger partial charge on any atom is -0.342 e. The first kappa shape index (κ1) is 19.8. The van der Waals surface area contributed by atoms with Gasteiger partial charge in [0.1, 0.15) is 0 Å². The SMILES string of the molecule is CCN(CC)C(=O)CN1CCN(C(=O)Cc2ccccc2[N+](=O)[O-])CC1. The molecule has 1 aromatic rings. The van der Waals surface area contributed by atoms with Gasteiger partial charge < -0.3 is 9.80 Å². The van der Waals surface area contributed by atoms with Gasteiger partial charge in [-0.1, -0.05) is 18.2 Å². The number of hydrogen-bond acceptors (Lipinski definition) is 5. The summed E-state index contributed by atoms with van der Waals surface area (Å²) in [6, 6.07) is 6.33. The van der Waals surface area contributed by atoms with Crippen LogP contribution < -0.4 is 0 Å². The van der Waals surface area contributed by atoms with Crippen molar-refractivity contribution in [2.24, 2.45) is 0 Å². The number of nitro groups is 1. The van der Waals surface area contributed by atoms with Crippen LogP contribution in [0.4, 0.5) is 5.69 Å². The summed E-state index contributed by atoms with van der Waals surface area (Å²) in [5.74, 6) is -0.0105. The van der Waals surface area contributed by atoms with E-state index in [0.717, 1.165) is 0 Å². The highest BCUT2D eigenvalue weighted by Gasteiger charge is 2.25. The second-order valence-electron chi connectivity index (χ2n) is 6.29. The first-order valence-electron chi connectivity index (χ1n) is 8.96. The molecule has 1 aromatic carbocycles. The summed E-state index contributed by atoms with van der Waals surface area (Å²) in [6.07, 6.45) is 0.0233. The molecule has 1 aliphatic heterocycles. The number of nitro benzene ring substituents is 1. The summed E-state index contributed by atoms with van der Waals surface area (Å²) in [6.45, 7) is 8.02. The van der Waals surface area contributed by atoms with Crippen molar-refractivity contribution in [1.29, 1.82) is 0 Å². The molecule has 0 N–H and O–H groups in total. The molecule has 1 saturated heterocycles. The van der Waals surface area contributed by atoms with Crippen molar-refractivity contribution in [3.8, 4) is 0 Å². The molecule has 0 aliphatic carbocycles. The van der Waals surface area contributed by atoms with Crippen molar-refractivity contribution >= 4 is 17.5 Å². The highest BCUT2D eigenvalue weighted by molar-refractivity contribution is 5.80. The van der Waals surface area contributed by atoms with Gasteiger partial charge >= 0.3 is 0 Å². The maximum absolute atomic E-state index is 12.5. The van der Waals surface area contributed by atoms with Gasteiger partial charge in [0.2, 0.25) is 11.8 Å². The summed E-state index contributed by atoms with van der Waals surface area (Å²) < 4.78 is 0. The molecule has 0 radical (unpaired) electrons. The van der Waals surface area contributed by atoms with E-state index in [0.29, 0.717) is 51.4 Å². The Bertz CT molecular complexity index is 652. The largest absolute Gasteiger partial charge is 0.342 e. The lowest BCUT2D eigenvalue weighted by molar-refractivity contribution is -0.385. The molecule has 2 amide bonds. The molecule has 0 aromatic heterocycles. The molecular weight excluding hydrogens is 336 g/mol. The number of carbonyl (C=O) groups excluding carboxylic acids is 2. The number of carbonyl (C=O) groups is 2. The average molecular weight is 362 g/mol. The molecule has 1 heterocycles. The molecule has 0 spiro atoms. The predicted molar refractivity (Wildman–Crippen MR) is 97.7 cm³/mol. The topological polar surface area (TPSA) is 87.0 Å². The average Bonchev–Trinajstić information content (AvgIpc) is 2.63. The standard InChI is InChI=1S/C18H26N4O4/c1-3-20(4-2)18(24)14-19-9-11-21(12-10-19)17(23)13-15-7-5-6-8-16(15)22(25)26/h5-8H,3-4,9-14H2,1-2H3. The van der Waals surface area contributed by atoms with E-state index in [9.17, 15) is 19.7 Å². The lowest BCUT2D eigenvalue weighted by Crippen LogP contribution is -2.51. The number of amides is 2. The zero-order valence-corrected chi connectivity index (χ0v) is 15.4. The van der Waals surface area contributed by atoms with E-state index in [-0.39, 0.29) is 23.9 Å². The van der Waals surface area contributed by atoms with Crippen molar-refractivity contribution in [2.75, 3.05) is 45.8 Å². The second-order valence-corrected chi connectivity index (χ2v) is 6.29. The van der Waals surface area contributed by atoms with Gasteiger partial charge in [0.05, 0.1) is 17.9 Å². The molecule has 0 unspecified atom stereocenters. The lowest BCUT2D eigenvalue weighted by atomic mass is 10.1. The maximum atomic E-state index is 12.5. The minimum absolute atomic E-state index is 0.0233. The zero-order chi connectivity index (χ0) is 19.1. The van der Waals surface area contributed by atoms with E-state index in [2.05, 4.69) is 4.90 Å². The van der Waals surface area contributed by atoms with Crippen LogP contribution >= 0.6 is 0 Å². The van der Waals surface area contributed by atoms with Crippen LogP contribution in [0, 0.1) is 10.1 Å². The van der Waals surface area contributed by atoms with Crippen molar-refractivity contribution in [3.05, 3.63) is 39.9 Å². The number of hydrogen-bond donors (Lipinski definition) is 0. The van der Waals surface area contributed by atoms with Gasteiger partial charge in [-0.3, -0.25) is 24.6 Å². The van der Waals surface area contributed by atoms with Crippen LogP contribution in [-0.4, -0.2) is 77.3 Å². The minimum atomic E-state index is -0.459. The van der Waals surface area contributed by atoms with E-state index in [1.165, 1.54) is 6.07 Å². The Kier molecular flexibility index (Phi) is 7.08. The first-order chi connectivity index (χ1) is 12.5.